The van der Waals surface area contributed by atoms with Crippen LogP contribution in [0.3, 0.4) is 0 Å². The zero-order valence-corrected chi connectivity index (χ0v) is 14.3. The molecule has 0 bridgehead atoms. The van der Waals surface area contributed by atoms with E-state index in [0.717, 1.165) is 0 Å². The summed E-state index contributed by atoms with van der Waals surface area (Å²) in [6, 6.07) is 3.45. The molecule has 1 unspecified atom stereocenters. The van der Waals surface area contributed by atoms with Crippen LogP contribution in [0.25, 0.3) is 22.2 Å². The lowest BCUT2D eigenvalue weighted by Gasteiger charge is -2.15. The van der Waals surface area contributed by atoms with Crippen LogP contribution in [-0.4, -0.2) is 40.9 Å². The molecule has 0 fully saturated rings. The molecule has 4 rings (SSSR count). The summed E-state index contributed by atoms with van der Waals surface area (Å²) in [5.74, 6) is -1.46. The molecule has 10 heteroatoms. The van der Waals surface area contributed by atoms with Gasteiger partial charge in [0.05, 0.1) is 17.8 Å². The molecule has 27 heavy (non-hydrogen) atoms. The Morgan fingerprint density at radius 3 is 2.89 bits per heavy atom. The number of halogens is 2. The van der Waals surface area contributed by atoms with Gasteiger partial charge in [-0.05, 0) is 26.0 Å². The van der Waals surface area contributed by atoms with Gasteiger partial charge in [0.25, 0.3) is 0 Å². The Hall–Kier alpha value is -3.56. The van der Waals surface area contributed by atoms with Crippen LogP contribution >= 0.6 is 0 Å². The van der Waals surface area contributed by atoms with Crippen LogP contribution in [-0.2, 0) is 0 Å². The molecule has 0 spiro atoms. The van der Waals surface area contributed by atoms with E-state index in [1.165, 1.54) is 29.2 Å². The highest BCUT2D eigenvalue weighted by Gasteiger charge is 2.24. The lowest BCUT2D eigenvalue weighted by molar-refractivity contribution is 0.319. The minimum Gasteiger partial charge on any atom is -0.411 e. The molecule has 8 nitrogen and oxygen atoms in total. The largest absolute Gasteiger partial charge is 0.411 e. The Kier molecular flexibility index (Phi) is 3.94. The van der Waals surface area contributed by atoms with Crippen molar-refractivity contribution in [2.24, 2.45) is 5.16 Å². The first kappa shape index (κ1) is 16.9. The molecule has 3 heterocycles. The predicted octanol–water partition coefficient (Wildman–Crippen LogP) is 2.86. The minimum absolute atomic E-state index is 0.179. The third kappa shape index (κ3) is 2.65. The molecule has 0 radical (unpaired) electrons. The lowest BCUT2D eigenvalue weighted by Crippen LogP contribution is -2.14. The minimum atomic E-state index is -0.851. The number of hydrogen-bond acceptors (Lipinski definition) is 7. The Balaban J connectivity index is 1.91. The molecule has 3 aromatic heterocycles. The van der Waals surface area contributed by atoms with Crippen molar-refractivity contribution in [2.45, 2.75) is 19.9 Å². The number of nitrogens with zero attached hydrogens (tertiary/aromatic N) is 7. The molecular formula is C17H13F2N7O. The van der Waals surface area contributed by atoms with E-state index in [9.17, 15) is 4.39 Å². The van der Waals surface area contributed by atoms with Gasteiger partial charge in [0, 0.05) is 23.2 Å². The number of fused-ring (bicyclic) bond motifs is 2. The molecule has 0 amide bonds. The Labute approximate surface area is 151 Å². The quantitative estimate of drug-likeness (QED) is 0.338. The summed E-state index contributed by atoms with van der Waals surface area (Å²) in [7, 11) is 0. The molecule has 4 aromatic rings. The zero-order valence-electron chi connectivity index (χ0n) is 14.3. The third-order valence-corrected chi connectivity index (χ3v) is 4.33. The van der Waals surface area contributed by atoms with Gasteiger partial charge < -0.3 is 5.21 Å². The smallest absolute Gasteiger partial charge is 0.221 e. The van der Waals surface area contributed by atoms with Crippen LogP contribution in [0, 0.1) is 11.6 Å². The van der Waals surface area contributed by atoms with Crippen molar-refractivity contribution in [2.75, 3.05) is 0 Å². The molecule has 136 valence electrons. The Morgan fingerprint density at radius 2 is 2.11 bits per heavy atom. The van der Waals surface area contributed by atoms with Gasteiger partial charge >= 0.3 is 0 Å². The maximum absolute atomic E-state index is 15.0. The van der Waals surface area contributed by atoms with Crippen LogP contribution in [0.2, 0.25) is 0 Å². The van der Waals surface area contributed by atoms with E-state index >= 15 is 4.39 Å². The highest BCUT2D eigenvalue weighted by atomic mass is 19.1. The number of benzene rings is 1. The molecule has 1 aromatic carbocycles. The van der Waals surface area contributed by atoms with Gasteiger partial charge in [-0.3, -0.25) is 4.98 Å². The molecule has 1 N–H and O–H groups in total. The molecule has 0 aliphatic heterocycles. The molecule has 0 aliphatic carbocycles. The van der Waals surface area contributed by atoms with Crippen molar-refractivity contribution in [3.8, 4) is 0 Å². The summed E-state index contributed by atoms with van der Waals surface area (Å²) in [6.45, 7) is 3.13. The van der Waals surface area contributed by atoms with E-state index in [1.807, 2.05) is 0 Å². The van der Waals surface area contributed by atoms with Gasteiger partial charge in [-0.25, -0.2) is 23.4 Å². The maximum atomic E-state index is 15.0. The highest BCUT2D eigenvalue weighted by molar-refractivity contribution is 5.97. The summed E-state index contributed by atoms with van der Waals surface area (Å²) in [5, 5.41) is 20.1. The van der Waals surface area contributed by atoms with E-state index in [4.69, 9.17) is 5.21 Å². The third-order valence-electron chi connectivity index (χ3n) is 4.33. The van der Waals surface area contributed by atoms with Crippen molar-refractivity contribution in [1.29, 1.82) is 0 Å². The lowest BCUT2D eigenvalue weighted by atomic mass is 10.0. The van der Waals surface area contributed by atoms with Crippen LogP contribution < -0.4 is 0 Å². The summed E-state index contributed by atoms with van der Waals surface area (Å²) in [4.78, 5) is 12.4. The van der Waals surface area contributed by atoms with Crippen LogP contribution in [0.5, 0.6) is 0 Å². The second kappa shape index (κ2) is 6.31. The van der Waals surface area contributed by atoms with Gasteiger partial charge in [0.2, 0.25) is 5.65 Å². The van der Waals surface area contributed by atoms with E-state index in [2.05, 4.69) is 30.4 Å². The summed E-state index contributed by atoms with van der Waals surface area (Å²) in [6.07, 6.45) is 2.85. The average Bonchev–Trinajstić information content (AvgIpc) is 3.10. The van der Waals surface area contributed by atoms with E-state index in [0.29, 0.717) is 5.69 Å². The Morgan fingerprint density at radius 1 is 1.30 bits per heavy atom. The second-order valence-electron chi connectivity index (χ2n) is 5.95. The molecule has 0 aliphatic rings. The van der Waals surface area contributed by atoms with Crippen molar-refractivity contribution < 1.29 is 14.0 Å². The van der Waals surface area contributed by atoms with Gasteiger partial charge in [-0.15, -0.1) is 5.10 Å². The Bertz CT molecular complexity index is 1200. The first-order chi connectivity index (χ1) is 13.0. The first-order valence-corrected chi connectivity index (χ1v) is 8.01. The monoisotopic (exact) mass is 369 g/mol. The number of hydrogen-bond donors (Lipinski definition) is 1. The summed E-state index contributed by atoms with van der Waals surface area (Å²) in [5.41, 5.74) is 1.00. The molecule has 0 saturated heterocycles. The topological polar surface area (TPSA) is 102 Å². The zero-order chi connectivity index (χ0) is 19.1. The first-order valence-electron chi connectivity index (χ1n) is 8.01. The number of rotatable bonds is 3. The van der Waals surface area contributed by atoms with E-state index < -0.39 is 17.7 Å². The van der Waals surface area contributed by atoms with Crippen molar-refractivity contribution >= 4 is 27.9 Å². The van der Waals surface area contributed by atoms with Crippen molar-refractivity contribution in [3.05, 3.63) is 53.5 Å². The standard InChI is InChI=1S/C17H13F2N7O/c1-8(24-27)13-7-21-16-17(22-13)26(25-23-16)9(2)14-11(18)6-12-10(15(14)19)4-3-5-20-12/h3-7,9,27H,1-2H3/b24-8+. The van der Waals surface area contributed by atoms with Crippen LogP contribution in [0.4, 0.5) is 8.78 Å². The fourth-order valence-corrected chi connectivity index (χ4v) is 2.89. The normalized spacial score (nSPS) is 13.4. The maximum Gasteiger partial charge on any atom is 0.221 e. The summed E-state index contributed by atoms with van der Waals surface area (Å²) < 4.78 is 30.9. The van der Waals surface area contributed by atoms with Gasteiger partial charge in [0.15, 0.2) is 5.65 Å². The molecular weight excluding hydrogens is 356 g/mol. The van der Waals surface area contributed by atoms with E-state index in [1.54, 1.807) is 19.9 Å². The van der Waals surface area contributed by atoms with Crippen molar-refractivity contribution in [3.63, 3.8) is 0 Å². The summed E-state index contributed by atoms with van der Waals surface area (Å²) >= 11 is 0. The van der Waals surface area contributed by atoms with Crippen LogP contribution in [0.1, 0.15) is 31.1 Å². The van der Waals surface area contributed by atoms with Crippen molar-refractivity contribution in [1.82, 2.24) is 29.9 Å². The molecule has 0 saturated carbocycles. The fraction of sp³-hybridized carbons (Fsp3) is 0.176. The highest BCUT2D eigenvalue weighted by Crippen LogP contribution is 2.30. The predicted molar refractivity (Wildman–Crippen MR) is 92.6 cm³/mol. The van der Waals surface area contributed by atoms with E-state index in [-0.39, 0.29) is 33.5 Å². The van der Waals surface area contributed by atoms with Gasteiger partial charge in [-0.2, -0.15) is 0 Å². The average molecular weight is 369 g/mol. The number of pyridine rings is 1. The fourth-order valence-electron chi connectivity index (χ4n) is 2.89. The SMILES string of the molecule is C/C(=N\O)c1cnc2nnn(C(C)c3c(F)cc4ncccc4c3F)c2n1. The van der Waals surface area contributed by atoms with Crippen LogP contribution in [0.15, 0.2) is 35.7 Å². The number of aromatic nitrogens is 6. The van der Waals surface area contributed by atoms with Gasteiger partial charge in [0.1, 0.15) is 23.0 Å². The molecule has 1 atom stereocenters. The second-order valence-corrected chi connectivity index (χ2v) is 5.95. The van der Waals surface area contributed by atoms with Gasteiger partial charge in [-0.1, -0.05) is 10.4 Å². The number of oxime groups is 1.